The monoisotopic (exact) mass is 439 g/mol. The van der Waals surface area contributed by atoms with Crippen LogP contribution >= 0.6 is 35.0 Å². The molecule has 0 aliphatic rings. The largest absolute Gasteiger partial charge is 0.426 e. The molecule has 0 unspecified atom stereocenters. The number of carbonyl (C=O) groups is 1. The van der Waals surface area contributed by atoms with Crippen LogP contribution in [0.4, 0.5) is 5.69 Å². The van der Waals surface area contributed by atoms with Crippen molar-refractivity contribution in [2.75, 3.05) is 0 Å². The fourth-order valence-corrected chi connectivity index (χ4v) is 3.22. The lowest BCUT2D eigenvalue weighted by atomic mass is 10.2. The van der Waals surface area contributed by atoms with Crippen molar-refractivity contribution in [3.8, 4) is 17.2 Å². The Kier molecular flexibility index (Phi) is 6.18. The van der Waals surface area contributed by atoms with Gasteiger partial charge in [-0.1, -0.05) is 41.0 Å². The van der Waals surface area contributed by atoms with E-state index >= 15 is 0 Å². The SMILES string of the molecule is CC(=O)Oc1cc(-c2nnc(SCc3ccc(Cl)c(Cl)c3)o2)cc([N+](=O)[O-])c1. The minimum absolute atomic E-state index is 0.0138. The zero-order valence-corrected chi connectivity index (χ0v) is 16.5. The van der Waals surface area contributed by atoms with Crippen LogP contribution in [0.25, 0.3) is 11.5 Å². The fourth-order valence-electron chi connectivity index (χ4n) is 2.20. The molecule has 0 atom stereocenters. The van der Waals surface area contributed by atoms with Crippen molar-refractivity contribution in [3.05, 3.63) is 62.1 Å². The molecule has 0 N–H and O–H groups in total. The molecule has 0 bridgehead atoms. The van der Waals surface area contributed by atoms with Crippen LogP contribution < -0.4 is 4.74 Å². The zero-order valence-electron chi connectivity index (χ0n) is 14.2. The lowest BCUT2D eigenvalue weighted by molar-refractivity contribution is -0.384. The highest BCUT2D eigenvalue weighted by molar-refractivity contribution is 7.98. The molecule has 1 heterocycles. The first-order chi connectivity index (χ1) is 13.3. The number of thioether (sulfide) groups is 1. The first-order valence-electron chi connectivity index (χ1n) is 7.70. The number of non-ortho nitro benzene ring substituents is 1. The lowest BCUT2D eigenvalue weighted by Gasteiger charge is -2.03. The van der Waals surface area contributed by atoms with Crippen LogP contribution in [-0.2, 0) is 10.5 Å². The number of nitro benzene ring substituents is 1. The second kappa shape index (κ2) is 8.59. The van der Waals surface area contributed by atoms with E-state index in [0.717, 1.165) is 11.6 Å². The molecule has 28 heavy (non-hydrogen) atoms. The first-order valence-corrected chi connectivity index (χ1v) is 9.44. The van der Waals surface area contributed by atoms with Crippen LogP contribution in [0.3, 0.4) is 0 Å². The standard InChI is InChI=1S/C17H11Cl2N3O5S/c1-9(23)26-13-6-11(5-12(7-13)22(24)25)16-20-21-17(27-16)28-8-10-2-3-14(18)15(19)4-10/h2-7H,8H2,1H3. The van der Waals surface area contributed by atoms with Crippen LogP contribution in [-0.4, -0.2) is 21.1 Å². The molecular formula is C17H11Cl2N3O5S. The van der Waals surface area contributed by atoms with Gasteiger partial charge in [0, 0.05) is 24.3 Å². The Morgan fingerprint density at radius 2 is 2.00 bits per heavy atom. The van der Waals surface area contributed by atoms with Crippen molar-refractivity contribution < 1.29 is 18.9 Å². The summed E-state index contributed by atoms with van der Waals surface area (Å²) in [6, 6.07) is 9.06. The van der Waals surface area contributed by atoms with Gasteiger partial charge in [0.2, 0.25) is 5.89 Å². The van der Waals surface area contributed by atoms with Crippen molar-refractivity contribution in [1.29, 1.82) is 0 Å². The van der Waals surface area contributed by atoms with E-state index in [2.05, 4.69) is 10.2 Å². The minimum atomic E-state index is -0.604. The average molecular weight is 440 g/mol. The van der Waals surface area contributed by atoms with Crippen LogP contribution in [0.1, 0.15) is 12.5 Å². The molecule has 0 aliphatic carbocycles. The molecular weight excluding hydrogens is 429 g/mol. The number of benzene rings is 2. The highest BCUT2D eigenvalue weighted by Crippen LogP contribution is 2.32. The number of rotatable bonds is 6. The summed E-state index contributed by atoms with van der Waals surface area (Å²) in [5.41, 5.74) is 0.905. The summed E-state index contributed by atoms with van der Waals surface area (Å²) < 4.78 is 10.5. The number of halogens is 2. The van der Waals surface area contributed by atoms with Gasteiger partial charge in [0.15, 0.2) is 0 Å². The quantitative estimate of drug-likeness (QED) is 0.170. The van der Waals surface area contributed by atoms with Gasteiger partial charge in [0.05, 0.1) is 21.0 Å². The van der Waals surface area contributed by atoms with Crippen LogP contribution in [0.15, 0.2) is 46.0 Å². The third-order valence-corrected chi connectivity index (χ3v) is 4.99. The number of ether oxygens (including phenoxy) is 1. The Bertz CT molecular complexity index is 1060. The molecule has 0 saturated heterocycles. The van der Waals surface area contributed by atoms with Gasteiger partial charge in [0.25, 0.3) is 10.9 Å². The highest BCUT2D eigenvalue weighted by atomic mass is 35.5. The van der Waals surface area contributed by atoms with Crippen molar-refractivity contribution in [3.63, 3.8) is 0 Å². The van der Waals surface area contributed by atoms with E-state index in [9.17, 15) is 14.9 Å². The molecule has 8 nitrogen and oxygen atoms in total. The molecule has 1 aromatic heterocycles. The van der Waals surface area contributed by atoms with Gasteiger partial charge >= 0.3 is 5.97 Å². The van der Waals surface area contributed by atoms with Crippen LogP contribution in [0.2, 0.25) is 10.0 Å². The van der Waals surface area contributed by atoms with E-state index < -0.39 is 10.9 Å². The highest BCUT2D eigenvalue weighted by Gasteiger charge is 2.17. The maximum atomic E-state index is 11.1. The Hall–Kier alpha value is -2.62. The number of nitrogens with zero attached hydrogens (tertiary/aromatic N) is 3. The topological polar surface area (TPSA) is 108 Å². The summed E-state index contributed by atoms with van der Waals surface area (Å²) >= 11 is 13.1. The van der Waals surface area contributed by atoms with E-state index in [0.29, 0.717) is 15.8 Å². The minimum Gasteiger partial charge on any atom is -0.426 e. The molecule has 3 rings (SSSR count). The molecule has 0 spiro atoms. The Labute approximate surface area is 173 Å². The summed E-state index contributed by atoms with van der Waals surface area (Å²) in [6.45, 7) is 1.20. The van der Waals surface area contributed by atoms with Gasteiger partial charge < -0.3 is 9.15 Å². The number of esters is 1. The maximum absolute atomic E-state index is 11.1. The van der Waals surface area contributed by atoms with Crippen molar-refractivity contribution in [1.82, 2.24) is 10.2 Å². The molecule has 144 valence electrons. The van der Waals surface area contributed by atoms with Gasteiger partial charge in [0.1, 0.15) is 5.75 Å². The molecule has 0 radical (unpaired) electrons. The van der Waals surface area contributed by atoms with E-state index in [-0.39, 0.29) is 28.1 Å². The third kappa shape index (κ3) is 5.00. The number of nitro groups is 1. The predicted octanol–water partition coefficient (Wildman–Crippen LogP) is 5.17. The lowest BCUT2D eigenvalue weighted by Crippen LogP contribution is -2.02. The van der Waals surface area contributed by atoms with Gasteiger partial charge in [-0.3, -0.25) is 14.9 Å². The average Bonchev–Trinajstić information content (AvgIpc) is 3.11. The van der Waals surface area contributed by atoms with Crippen LogP contribution in [0, 0.1) is 10.1 Å². The van der Waals surface area contributed by atoms with E-state index in [1.54, 1.807) is 12.1 Å². The van der Waals surface area contributed by atoms with Crippen molar-refractivity contribution in [2.24, 2.45) is 0 Å². The molecule has 0 amide bonds. The fraction of sp³-hybridized carbons (Fsp3) is 0.118. The van der Waals surface area contributed by atoms with Gasteiger partial charge in [-0.15, -0.1) is 10.2 Å². The van der Waals surface area contributed by atoms with Crippen molar-refractivity contribution in [2.45, 2.75) is 17.9 Å². The first kappa shape index (κ1) is 20.1. The molecule has 11 heteroatoms. The molecule has 0 fully saturated rings. The number of carbonyl (C=O) groups excluding carboxylic acids is 1. The Balaban J connectivity index is 1.80. The van der Waals surface area contributed by atoms with Crippen LogP contribution in [0.5, 0.6) is 5.75 Å². The third-order valence-electron chi connectivity index (χ3n) is 3.36. The second-order valence-corrected chi connectivity index (χ2v) is 7.22. The smallest absolute Gasteiger partial charge is 0.308 e. The summed E-state index contributed by atoms with van der Waals surface area (Å²) in [5.74, 6) is -0.0184. The summed E-state index contributed by atoms with van der Waals surface area (Å²) in [6.07, 6.45) is 0. The Morgan fingerprint density at radius 1 is 1.21 bits per heavy atom. The van der Waals surface area contributed by atoms with E-state index in [1.165, 1.54) is 30.8 Å². The van der Waals surface area contributed by atoms with Gasteiger partial charge in [-0.05, 0) is 23.8 Å². The van der Waals surface area contributed by atoms with Crippen molar-refractivity contribution >= 4 is 46.6 Å². The zero-order chi connectivity index (χ0) is 20.3. The Morgan fingerprint density at radius 3 is 2.68 bits per heavy atom. The molecule has 2 aromatic carbocycles. The predicted molar refractivity (Wildman–Crippen MR) is 104 cm³/mol. The molecule has 0 aliphatic heterocycles. The number of aromatic nitrogens is 2. The summed E-state index contributed by atoms with van der Waals surface area (Å²) in [7, 11) is 0. The molecule has 0 saturated carbocycles. The van der Waals surface area contributed by atoms with Gasteiger partial charge in [-0.25, -0.2) is 0 Å². The number of hydrogen-bond donors (Lipinski definition) is 0. The summed E-state index contributed by atoms with van der Waals surface area (Å²) in [5, 5.41) is 20.1. The summed E-state index contributed by atoms with van der Waals surface area (Å²) in [4.78, 5) is 21.7. The van der Waals surface area contributed by atoms with E-state index in [1.807, 2.05) is 6.07 Å². The maximum Gasteiger partial charge on any atom is 0.308 e. The van der Waals surface area contributed by atoms with E-state index in [4.69, 9.17) is 32.4 Å². The molecule has 3 aromatic rings. The normalized spacial score (nSPS) is 10.7. The van der Waals surface area contributed by atoms with Gasteiger partial charge in [-0.2, -0.15) is 0 Å². The number of hydrogen-bond acceptors (Lipinski definition) is 8. The second-order valence-electron chi connectivity index (χ2n) is 5.48.